The topological polar surface area (TPSA) is 86.0 Å². The summed E-state index contributed by atoms with van der Waals surface area (Å²) in [4.78, 5) is 33.7. The van der Waals surface area contributed by atoms with Crippen molar-refractivity contribution < 1.29 is 9.72 Å². The zero-order valence-electron chi connectivity index (χ0n) is 17.4. The summed E-state index contributed by atoms with van der Waals surface area (Å²) in [5, 5.41) is 11.0. The maximum absolute atomic E-state index is 13.4. The van der Waals surface area contributed by atoms with Gasteiger partial charge in [-0.05, 0) is 24.3 Å². The third-order valence-electron chi connectivity index (χ3n) is 5.38. The van der Waals surface area contributed by atoms with Crippen LogP contribution in [0.5, 0.6) is 0 Å². The number of nitrogens with zero attached hydrogens (tertiary/aromatic N) is 3. The maximum Gasteiger partial charge on any atom is 0.269 e. The largest absolute Gasteiger partial charge is 0.289 e. The average Bonchev–Trinajstić information content (AvgIpc) is 2.88. The second kappa shape index (κ2) is 8.43. The fourth-order valence-electron chi connectivity index (χ4n) is 3.76. The lowest BCUT2D eigenvalue weighted by Gasteiger charge is -2.13. The quantitative estimate of drug-likeness (QED) is 0.191. The van der Waals surface area contributed by atoms with Crippen molar-refractivity contribution in [3.05, 3.63) is 124 Å². The van der Waals surface area contributed by atoms with Crippen molar-refractivity contribution >= 4 is 22.5 Å². The molecule has 0 radical (unpaired) electrons. The van der Waals surface area contributed by atoms with Gasteiger partial charge in [-0.1, -0.05) is 66.7 Å². The van der Waals surface area contributed by atoms with Gasteiger partial charge in [-0.25, -0.2) is 9.97 Å². The number of carbonyl (C=O) groups is 1. The van der Waals surface area contributed by atoms with Crippen LogP contribution in [0.2, 0.25) is 0 Å². The first-order chi connectivity index (χ1) is 16.1. The van der Waals surface area contributed by atoms with Gasteiger partial charge in [-0.3, -0.25) is 14.9 Å². The average molecular weight is 431 g/mol. The number of fused-ring (bicyclic) bond motifs is 1. The van der Waals surface area contributed by atoms with E-state index in [1.165, 1.54) is 24.3 Å². The number of rotatable bonds is 5. The third-order valence-corrected chi connectivity index (χ3v) is 5.38. The van der Waals surface area contributed by atoms with Crippen molar-refractivity contribution in [1.29, 1.82) is 0 Å². The Balaban J connectivity index is 1.70. The normalized spacial score (nSPS) is 10.8. The van der Waals surface area contributed by atoms with Gasteiger partial charge in [-0.2, -0.15) is 0 Å². The Kier molecular flexibility index (Phi) is 5.16. The number of nitro benzene ring substituents is 1. The summed E-state index contributed by atoms with van der Waals surface area (Å²) >= 11 is 0. The molecule has 33 heavy (non-hydrogen) atoms. The second-order valence-electron chi connectivity index (χ2n) is 7.45. The van der Waals surface area contributed by atoms with Crippen molar-refractivity contribution in [1.82, 2.24) is 9.97 Å². The number of hydrogen-bond acceptors (Lipinski definition) is 5. The van der Waals surface area contributed by atoms with Crippen molar-refractivity contribution in [3.63, 3.8) is 0 Å². The van der Waals surface area contributed by atoms with Gasteiger partial charge < -0.3 is 0 Å². The number of nitro groups is 1. The van der Waals surface area contributed by atoms with Crippen LogP contribution < -0.4 is 0 Å². The smallest absolute Gasteiger partial charge is 0.269 e. The van der Waals surface area contributed by atoms with E-state index in [1.807, 2.05) is 66.7 Å². The van der Waals surface area contributed by atoms with Gasteiger partial charge in [0, 0.05) is 34.4 Å². The molecule has 0 fully saturated rings. The minimum Gasteiger partial charge on any atom is -0.289 e. The molecule has 0 amide bonds. The van der Waals surface area contributed by atoms with E-state index < -0.39 is 4.92 Å². The van der Waals surface area contributed by atoms with Crippen LogP contribution >= 0.6 is 0 Å². The van der Waals surface area contributed by atoms with E-state index in [-0.39, 0.29) is 11.5 Å². The summed E-state index contributed by atoms with van der Waals surface area (Å²) < 4.78 is 0. The number of hydrogen-bond donors (Lipinski definition) is 0. The summed E-state index contributed by atoms with van der Waals surface area (Å²) in [7, 11) is 0. The van der Waals surface area contributed by atoms with E-state index in [1.54, 1.807) is 12.1 Å². The van der Waals surface area contributed by atoms with Crippen LogP contribution in [0, 0.1) is 10.1 Å². The first-order valence-corrected chi connectivity index (χ1v) is 10.3. The number of carbonyl (C=O) groups excluding carboxylic acids is 1. The Morgan fingerprint density at radius 2 is 1.24 bits per heavy atom. The van der Waals surface area contributed by atoms with Gasteiger partial charge in [0.05, 0.1) is 27.3 Å². The molecule has 5 aromatic rings. The molecule has 5 rings (SSSR count). The van der Waals surface area contributed by atoms with Crippen LogP contribution in [0.4, 0.5) is 5.69 Å². The minimum absolute atomic E-state index is 0.0633. The first-order valence-electron chi connectivity index (χ1n) is 10.3. The van der Waals surface area contributed by atoms with Crippen LogP contribution in [0.3, 0.4) is 0 Å². The molecule has 0 spiro atoms. The lowest BCUT2D eigenvalue weighted by Crippen LogP contribution is -2.05. The summed E-state index contributed by atoms with van der Waals surface area (Å²) in [6.07, 6.45) is 0. The predicted molar refractivity (Wildman–Crippen MR) is 127 cm³/mol. The lowest BCUT2D eigenvalue weighted by atomic mass is 9.94. The fourth-order valence-corrected chi connectivity index (χ4v) is 3.76. The molecule has 0 saturated heterocycles. The molecule has 1 heterocycles. The van der Waals surface area contributed by atoms with Gasteiger partial charge in [-0.15, -0.1) is 0 Å². The number of non-ortho nitro benzene ring substituents is 1. The van der Waals surface area contributed by atoms with Gasteiger partial charge in [0.2, 0.25) is 0 Å². The van der Waals surface area contributed by atoms with E-state index in [0.717, 1.165) is 16.6 Å². The van der Waals surface area contributed by atoms with Crippen molar-refractivity contribution in [2.45, 2.75) is 0 Å². The molecule has 0 bridgehead atoms. The van der Waals surface area contributed by atoms with Crippen LogP contribution in [-0.2, 0) is 0 Å². The predicted octanol–water partition coefficient (Wildman–Crippen LogP) is 6.10. The van der Waals surface area contributed by atoms with E-state index >= 15 is 0 Å². The van der Waals surface area contributed by atoms with E-state index in [2.05, 4.69) is 0 Å². The highest BCUT2D eigenvalue weighted by Crippen LogP contribution is 2.33. The van der Waals surface area contributed by atoms with E-state index in [0.29, 0.717) is 28.1 Å². The molecule has 0 saturated carbocycles. The molecule has 1 aromatic heterocycles. The molecular formula is C27H17N3O3. The Morgan fingerprint density at radius 3 is 1.91 bits per heavy atom. The van der Waals surface area contributed by atoms with Gasteiger partial charge in [0.1, 0.15) is 0 Å². The first kappa shape index (κ1) is 20.2. The van der Waals surface area contributed by atoms with Crippen LogP contribution in [0.15, 0.2) is 103 Å². The Hall–Kier alpha value is -4.71. The zero-order valence-corrected chi connectivity index (χ0v) is 17.4. The van der Waals surface area contributed by atoms with Crippen LogP contribution in [-0.4, -0.2) is 20.7 Å². The highest BCUT2D eigenvalue weighted by molar-refractivity contribution is 6.13. The highest BCUT2D eigenvalue weighted by Gasteiger charge is 2.20. The SMILES string of the molecule is O=C(c1ccc([N+](=O)[O-])cc1)c1ccccc1-c1nc2ccccc2nc1-c1ccccc1. The Labute approximate surface area is 189 Å². The molecule has 0 aliphatic carbocycles. The van der Waals surface area contributed by atoms with Crippen LogP contribution in [0.25, 0.3) is 33.5 Å². The summed E-state index contributed by atoms with van der Waals surface area (Å²) in [6.45, 7) is 0. The zero-order chi connectivity index (χ0) is 22.8. The third kappa shape index (κ3) is 3.85. The Morgan fingerprint density at radius 1 is 0.667 bits per heavy atom. The molecule has 0 aliphatic rings. The summed E-state index contributed by atoms with van der Waals surface area (Å²) in [6, 6.07) is 30.2. The fraction of sp³-hybridized carbons (Fsp3) is 0. The molecule has 0 atom stereocenters. The molecule has 4 aromatic carbocycles. The molecule has 6 nitrogen and oxygen atoms in total. The summed E-state index contributed by atoms with van der Waals surface area (Å²) in [5.74, 6) is -0.241. The van der Waals surface area contributed by atoms with Crippen molar-refractivity contribution in [2.24, 2.45) is 0 Å². The molecule has 6 heteroatoms. The number of aromatic nitrogens is 2. The highest BCUT2D eigenvalue weighted by atomic mass is 16.6. The second-order valence-corrected chi connectivity index (χ2v) is 7.45. The molecule has 0 aliphatic heterocycles. The molecule has 0 unspecified atom stereocenters. The number of para-hydroxylation sites is 2. The van der Waals surface area contributed by atoms with E-state index in [4.69, 9.17) is 9.97 Å². The van der Waals surface area contributed by atoms with Gasteiger partial charge >= 0.3 is 0 Å². The molecule has 0 N–H and O–H groups in total. The van der Waals surface area contributed by atoms with Gasteiger partial charge in [0.25, 0.3) is 5.69 Å². The standard InChI is InChI=1S/C27H17N3O3/c31-27(19-14-16-20(17-15-19)30(32)33)22-11-5-4-10-21(22)26-25(18-8-2-1-3-9-18)28-23-12-6-7-13-24(23)29-26/h1-17H. The minimum atomic E-state index is -0.487. The molecule has 158 valence electrons. The lowest BCUT2D eigenvalue weighted by molar-refractivity contribution is -0.384. The van der Waals surface area contributed by atoms with Crippen LogP contribution in [0.1, 0.15) is 15.9 Å². The van der Waals surface area contributed by atoms with Gasteiger partial charge in [0.15, 0.2) is 5.78 Å². The maximum atomic E-state index is 13.4. The Bertz CT molecular complexity index is 1500. The number of ketones is 1. The van der Waals surface area contributed by atoms with Crippen molar-refractivity contribution in [3.8, 4) is 22.5 Å². The molecular weight excluding hydrogens is 414 g/mol. The monoisotopic (exact) mass is 431 g/mol. The van der Waals surface area contributed by atoms with Crippen molar-refractivity contribution in [2.75, 3.05) is 0 Å². The summed E-state index contributed by atoms with van der Waals surface area (Å²) in [5.41, 5.74) is 5.07. The van der Waals surface area contributed by atoms with E-state index in [9.17, 15) is 14.9 Å². The number of benzene rings is 4.